The Balaban J connectivity index is 1.20. The number of nitrogens with zero attached hydrogens (tertiary/aromatic N) is 7. The fraction of sp³-hybridized carbons (Fsp3) is 0.269. The van der Waals surface area contributed by atoms with Gasteiger partial charge in [0.1, 0.15) is 38.7 Å². The van der Waals surface area contributed by atoms with Gasteiger partial charge in [-0.1, -0.05) is 0 Å². The third-order valence-corrected chi connectivity index (χ3v) is 7.58. The molecule has 38 heavy (non-hydrogen) atoms. The van der Waals surface area contributed by atoms with E-state index in [9.17, 15) is 8.42 Å². The van der Waals surface area contributed by atoms with Crippen LogP contribution in [-0.4, -0.2) is 63.0 Å². The molecule has 0 aliphatic carbocycles. The summed E-state index contributed by atoms with van der Waals surface area (Å²) in [7, 11) is -1.05. The third-order valence-electron chi connectivity index (χ3n) is 6.51. The van der Waals surface area contributed by atoms with E-state index in [-0.39, 0.29) is 11.7 Å². The standard InChI is InChI=1S/C26H26N8O3S/c1-16-8-18(4-7-23(16)37-19-5-6-22-20(9-19)30-15-33(22)2)31-25-24-21(28-14-29-25)10-27-26(32-24)34-11-17(12-34)13-38(3,35)36/h4-10,14-15,17H,11-13H2,1-3H3,(H,28,29,31). The van der Waals surface area contributed by atoms with Crippen molar-refractivity contribution in [2.75, 3.05) is 35.3 Å². The molecule has 0 amide bonds. The van der Waals surface area contributed by atoms with Gasteiger partial charge in [-0.2, -0.15) is 0 Å². The highest BCUT2D eigenvalue weighted by Gasteiger charge is 2.31. The fourth-order valence-corrected chi connectivity index (χ4v) is 5.71. The molecule has 0 atom stereocenters. The van der Waals surface area contributed by atoms with Gasteiger partial charge in [0.05, 0.1) is 29.3 Å². The van der Waals surface area contributed by atoms with Crippen LogP contribution in [-0.2, 0) is 16.9 Å². The Labute approximate surface area is 219 Å². The number of hydrogen-bond acceptors (Lipinski definition) is 10. The van der Waals surface area contributed by atoms with Gasteiger partial charge < -0.3 is 19.5 Å². The summed E-state index contributed by atoms with van der Waals surface area (Å²) in [6.45, 7) is 3.18. The molecular formula is C26H26N8O3S. The predicted octanol–water partition coefficient (Wildman–Crippen LogP) is 3.63. The molecule has 0 radical (unpaired) electrons. The van der Waals surface area contributed by atoms with Crippen molar-refractivity contribution in [2.45, 2.75) is 6.92 Å². The van der Waals surface area contributed by atoms with Gasteiger partial charge in [-0.25, -0.2) is 33.3 Å². The first-order valence-corrected chi connectivity index (χ1v) is 14.1. The topological polar surface area (TPSA) is 128 Å². The molecule has 1 aliphatic rings. The summed E-state index contributed by atoms with van der Waals surface area (Å²) in [5.74, 6) is 2.80. The van der Waals surface area contributed by atoms with Crippen molar-refractivity contribution in [1.82, 2.24) is 29.5 Å². The zero-order valence-electron chi connectivity index (χ0n) is 21.2. The van der Waals surface area contributed by atoms with Crippen molar-refractivity contribution in [3.63, 3.8) is 0 Å². The van der Waals surface area contributed by atoms with Crippen LogP contribution in [0.2, 0.25) is 0 Å². The lowest BCUT2D eigenvalue weighted by atomic mass is 10.0. The van der Waals surface area contributed by atoms with Gasteiger partial charge in [-0.3, -0.25) is 0 Å². The molecule has 4 heterocycles. The first kappa shape index (κ1) is 24.0. The summed E-state index contributed by atoms with van der Waals surface area (Å²) in [6.07, 6.45) is 6.18. The highest BCUT2D eigenvalue weighted by atomic mass is 32.2. The molecule has 0 spiro atoms. The lowest BCUT2D eigenvalue weighted by Crippen LogP contribution is -2.50. The minimum absolute atomic E-state index is 0.0866. The monoisotopic (exact) mass is 530 g/mol. The lowest BCUT2D eigenvalue weighted by Gasteiger charge is -2.38. The number of aryl methyl sites for hydroxylation is 2. The number of nitrogens with one attached hydrogen (secondary N) is 1. The molecule has 2 aromatic carbocycles. The SMILES string of the molecule is Cc1cc(Nc2ncnc3cnc(N4CC(CS(C)(=O)=O)C4)nc23)ccc1Oc1ccc2c(c1)ncn2C. The van der Waals surface area contributed by atoms with Crippen LogP contribution in [0.1, 0.15) is 5.56 Å². The average molecular weight is 531 g/mol. The highest BCUT2D eigenvalue weighted by molar-refractivity contribution is 7.90. The molecule has 12 heteroatoms. The van der Waals surface area contributed by atoms with Crippen molar-refractivity contribution < 1.29 is 13.2 Å². The van der Waals surface area contributed by atoms with E-state index < -0.39 is 9.84 Å². The van der Waals surface area contributed by atoms with E-state index in [1.807, 2.05) is 59.8 Å². The first-order valence-electron chi connectivity index (χ1n) is 12.1. The number of sulfone groups is 1. The molecule has 1 fully saturated rings. The van der Waals surface area contributed by atoms with E-state index >= 15 is 0 Å². The summed E-state index contributed by atoms with van der Waals surface area (Å²) in [4.78, 5) is 24.2. The number of rotatable bonds is 7. The molecule has 1 N–H and O–H groups in total. The molecule has 0 saturated carbocycles. The summed E-state index contributed by atoms with van der Waals surface area (Å²) in [5, 5.41) is 3.34. The summed E-state index contributed by atoms with van der Waals surface area (Å²) in [6, 6.07) is 11.7. The molecule has 0 unspecified atom stereocenters. The van der Waals surface area contributed by atoms with Crippen LogP contribution in [0.15, 0.2) is 55.2 Å². The molecule has 1 saturated heterocycles. The Hall–Kier alpha value is -4.32. The number of anilines is 3. The number of fused-ring (bicyclic) bond motifs is 2. The summed E-state index contributed by atoms with van der Waals surface area (Å²) >= 11 is 0. The van der Waals surface area contributed by atoms with Crippen LogP contribution in [0.5, 0.6) is 11.5 Å². The van der Waals surface area contributed by atoms with E-state index in [0.717, 1.165) is 33.8 Å². The zero-order valence-corrected chi connectivity index (χ0v) is 22.0. The maximum atomic E-state index is 11.6. The van der Waals surface area contributed by atoms with E-state index in [1.165, 1.54) is 12.6 Å². The number of hydrogen-bond donors (Lipinski definition) is 1. The van der Waals surface area contributed by atoms with Gasteiger partial charge in [-0.05, 0) is 42.8 Å². The zero-order chi connectivity index (χ0) is 26.4. The van der Waals surface area contributed by atoms with Crippen molar-refractivity contribution >= 4 is 49.4 Å². The molecule has 1 aliphatic heterocycles. The Bertz CT molecular complexity index is 1780. The van der Waals surface area contributed by atoms with E-state index in [4.69, 9.17) is 9.72 Å². The average Bonchev–Trinajstić information content (AvgIpc) is 3.22. The Morgan fingerprint density at radius 1 is 1.05 bits per heavy atom. The maximum Gasteiger partial charge on any atom is 0.226 e. The number of benzene rings is 2. The van der Waals surface area contributed by atoms with Crippen LogP contribution in [0.25, 0.3) is 22.1 Å². The normalized spacial score (nSPS) is 14.1. The summed E-state index contributed by atoms with van der Waals surface area (Å²) < 4.78 is 31.2. The van der Waals surface area contributed by atoms with Crippen molar-refractivity contribution in [3.8, 4) is 11.5 Å². The van der Waals surface area contributed by atoms with E-state index in [2.05, 4.69) is 25.3 Å². The largest absolute Gasteiger partial charge is 0.457 e. The van der Waals surface area contributed by atoms with E-state index in [0.29, 0.717) is 35.9 Å². The first-order chi connectivity index (χ1) is 18.2. The van der Waals surface area contributed by atoms with Crippen molar-refractivity contribution in [3.05, 3.63) is 60.8 Å². The summed E-state index contributed by atoms with van der Waals surface area (Å²) in [5.41, 5.74) is 4.89. The van der Waals surface area contributed by atoms with E-state index in [1.54, 1.807) is 12.5 Å². The predicted molar refractivity (Wildman–Crippen MR) is 146 cm³/mol. The molecule has 0 bridgehead atoms. The Kier molecular flexibility index (Phi) is 5.83. The smallest absolute Gasteiger partial charge is 0.226 e. The highest BCUT2D eigenvalue weighted by Crippen LogP contribution is 2.31. The minimum Gasteiger partial charge on any atom is -0.457 e. The molecular weight excluding hydrogens is 504 g/mol. The second-order valence-corrected chi connectivity index (χ2v) is 11.9. The third kappa shape index (κ3) is 4.82. The fourth-order valence-electron chi connectivity index (χ4n) is 4.64. The molecule has 3 aromatic heterocycles. The van der Waals surface area contributed by atoms with Gasteiger partial charge in [0.25, 0.3) is 0 Å². The van der Waals surface area contributed by atoms with Crippen LogP contribution < -0.4 is 15.0 Å². The number of ether oxygens (including phenoxy) is 1. The quantitative estimate of drug-likeness (QED) is 0.333. The van der Waals surface area contributed by atoms with Crippen LogP contribution in [0.3, 0.4) is 0 Å². The molecule has 6 rings (SSSR count). The van der Waals surface area contributed by atoms with Gasteiger partial charge in [0.2, 0.25) is 5.95 Å². The van der Waals surface area contributed by atoms with Gasteiger partial charge in [-0.15, -0.1) is 0 Å². The maximum absolute atomic E-state index is 11.6. The van der Waals surface area contributed by atoms with Gasteiger partial charge in [0, 0.05) is 44.1 Å². The Morgan fingerprint density at radius 3 is 2.68 bits per heavy atom. The minimum atomic E-state index is -3.01. The molecule has 5 aromatic rings. The van der Waals surface area contributed by atoms with Gasteiger partial charge in [0.15, 0.2) is 5.82 Å². The van der Waals surface area contributed by atoms with Crippen molar-refractivity contribution in [1.29, 1.82) is 0 Å². The second-order valence-electron chi connectivity index (χ2n) is 9.70. The lowest BCUT2D eigenvalue weighted by molar-refractivity contribution is 0.437. The van der Waals surface area contributed by atoms with Crippen LogP contribution in [0, 0.1) is 12.8 Å². The van der Waals surface area contributed by atoms with Gasteiger partial charge >= 0.3 is 0 Å². The number of imidazole rings is 1. The molecule has 11 nitrogen and oxygen atoms in total. The van der Waals surface area contributed by atoms with Crippen LogP contribution >= 0.6 is 0 Å². The Morgan fingerprint density at radius 2 is 1.89 bits per heavy atom. The second kappa shape index (κ2) is 9.21. The molecule has 194 valence electrons. The van der Waals surface area contributed by atoms with Crippen molar-refractivity contribution in [2.24, 2.45) is 13.0 Å². The number of aromatic nitrogens is 6. The van der Waals surface area contributed by atoms with Crippen LogP contribution in [0.4, 0.5) is 17.5 Å².